The second-order valence-electron chi connectivity index (χ2n) is 7.96. The number of rotatable bonds is 2. The van der Waals surface area contributed by atoms with Crippen LogP contribution in [0, 0.1) is 17.3 Å². The van der Waals surface area contributed by atoms with Crippen LogP contribution in [0.5, 0.6) is 11.5 Å². The van der Waals surface area contributed by atoms with Gasteiger partial charge < -0.3 is 14.6 Å². The fraction of sp³-hybridized carbons (Fsp3) is 0.700. The molecule has 2 fully saturated rings. The van der Waals surface area contributed by atoms with E-state index >= 15 is 0 Å². The Morgan fingerprint density at radius 2 is 1.78 bits per heavy atom. The van der Waals surface area contributed by atoms with Crippen LogP contribution in [0.2, 0.25) is 0 Å². The first-order valence-corrected chi connectivity index (χ1v) is 9.01. The molecule has 0 aliphatic heterocycles. The fourth-order valence-corrected chi connectivity index (χ4v) is 5.87. The summed E-state index contributed by atoms with van der Waals surface area (Å²) in [6, 6.07) is 4.40. The van der Waals surface area contributed by atoms with Gasteiger partial charge in [-0.2, -0.15) is 0 Å². The topological polar surface area (TPSA) is 38.7 Å². The number of aryl methyl sites for hydroxylation is 1. The van der Waals surface area contributed by atoms with Crippen molar-refractivity contribution in [1.82, 2.24) is 0 Å². The highest BCUT2D eigenvalue weighted by atomic mass is 16.5. The van der Waals surface area contributed by atoms with Gasteiger partial charge in [-0.05, 0) is 85.0 Å². The molecule has 1 aromatic carbocycles. The highest BCUT2D eigenvalue weighted by Crippen LogP contribution is 2.61. The smallest absolute Gasteiger partial charge is 0.161 e. The summed E-state index contributed by atoms with van der Waals surface area (Å²) in [4.78, 5) is 0. The van der Waals surface area contributed by atoms with E-state index in [9.17, 15) is 5.11 Å². The second kappa shape index (κ2) is 5.41. The van der Waals surface area contributed by atoms with Gasteiger partial charge >= 0.3 is 0 Å². The summed E-state index contributed by atoms with van der Waals surface area (Å²) in [7, 11) is 3.43. The van der Waals surface area contributed by atoms with E-state index in [-0.39, 0.29) is 11.5 Å². The monoisotopic (exact) mass is 316 g/mol. The molecule has 0 aromatic heterocycles. The van der Waals surface area contributed by atoms with Gasteiger partial charge in [0.15, 0.2) is 11.5 Å². The average molecular weight is 316 g/mol. The zero-order valence-electron chi connectivity index (χ0n) is 14.5. The summed E-state index contributed by atoms with van der Waals surface area (Å²) in [5, 5.41) is 10.5. The molecule has 3 heteroatoms. The van der Waals surface area contributed by atoms with Crippen LogP contribution < -0.4 is 9.47 Å². The number of methoxy groups -OCH3 is 2. The summed E-state index contributed by atoms with van der Waals surface area (Å²) in [6.45, 7) is 2.33. The Kier molecular flexibility index (Phi) is 3.60. The summed E-state index contributed by atoms with van der Waals surface area (Å²) in [5.41, 5.74) is 3.06. The molecule has 23 heavy (non-hydrogen) atoms. The first kappa shape index (κ1) is 15.3. The number of fused-ring (bicyclic) bond motifs is 5. The van der Waals surface area contributed by atoms with Crippen molar-refractivity contribution < 1.29 is 14.6 Å². The molecular formula is C20H28O3. The van der Waals surface area contributed by atoms with E-state index in [1.807, 2.05) is 0 Å². The van der Waals surface area contributed by atoms with E-state index in [0.29, 0.717) is 11.8 Å². The average Bonchev–Trinajstić information content (AvgIpc) is 2.88. The van der Waals surface area contributed by atoms with Crippen LogP contribution in [-0.2, 0) is 6.42 Å². The van der Waals surface area contributed by atoms with Crippen LogP contribution in [0.4, 0.5) is 0 Å². The predicted molar refractivity (Wildman–Crippen MR) is 90.2 cm³/mol. The van der Waals surface area contributed by atoms with Gasteiger partial charge in [-0.1, -0.05) is 6.92 Å². The van der Waals surface area contributed by atoms with Gasteiger partial charge in [-0.3, -0.25) is 0 Å². The molecule has 3 nitrogen and oxygen atoms in total. The van der Waals surface area contributed by atoms with Crippen LogP contribution >= 0.6 is 0 Å². The molecule has 3 aliphatic carbocycles. The van der Waals surface area contributed by atoms with E-state index in [1.54, 1.807) is 14.2 Å². The lowest BCUT2D eigenvalue weighted by Crippen LogP contribution is -2.43. The molecule has 0 spiro atoms. The van der Waals surface area contributed by atoms with Crippen LogP contribution in [-0.4, -0.2) is 25.4 Å². The number of hydrogen-bond donors (Lipinski definition) is 1. The third-order valence-electron chi connectivity index (χ3n) is 7.18. The molecule has 1 N–H and O–H groups in total. The Bertz CT molecular complexity index is 611. The van der Waals surface area contributed by atoms with E-state index in [4.69, 9.17) is 9.47 Å². The van der Waals surface area contributed by atoms with Crippen molar-refractivity contribution in [2.24, 2.45) is 17.3 Å². The highest BCUT2D eigenvalue weighted by molar-refractivity contribution is 5.50. The van der Waals surface area contributed by atoms with Crippen LogP contribution in [0.25, 0.3) is 0 Å². The Morgan fingerprint density at radius 1 is 1.04 bits per heavy atom. The Labute approximate surface area is 139 Å². The Hall–Kier alpha value is -1.22. The summed E-state index contributed by atoms with van der Waals surface area (Å²) in [6.07, 6.45) is 6.80. The fourth-order valence-electron chi connectivity index (χ4n) is 5.87. The van der Waals surface area contributed by atoms with Gasteiger partial charge in [-0.25, -0.2) is 0 Å². The SMILES string of the molecule is COc1cc2c(cc1OC)[C@H]1CC[C@]3(C)[C@@H](O)CC[C@H]3[C@@H]1CC2. The molecule has 5 atom stereocenters. The molecule has 0 unspecified atom stereocenters. The first-order chi connectivity index (χ1) is 11.1. The number of hydrogen-bond acceptors (Lipinski definition) is 3. The minimum Gasteiger partial charge on any atom is -0.493 e. The zero-order chi connectivity index (χ0) is 16.2. The van der Waals surface area contributed by atoms with Gasteiger partial charge in [0, 0.05) is 0 Å². The van der Waals surface area contributed by atoms with Crippen LogP contribution in [0.3, 0.4) is 0 Å². The molecule has 0 amide bonds. The molecule has 1 aromatic rings. The maximum absolute atomic E-state index is 10.5. The molecule has 0 radical (unpaired) electrons. The minimum absolute atomic E-state index is 0.0970. The molecule has 0 heterocycles. The van der Waals surface area contributed by atoms with Gasteiger partial charge in [0.05, 0.1) is 20.3 Å². The van der Waals surface area contributed by atoms with Crippen molar-refractivity contribution in [2.75, 3.05) is 14.2 Å². The van der Waals surface area contributed by atoms with E-state index in [2.05, 4.69) is 19.1 Å². The van der Waals surface area contributed by atoms with Crippen LogP contribution in [0.15, 0.2) is 12.1 Å². The standard InChI is InChI=1S/C20H28O3/c1-20-9-8-13-14(16(20)6-7-19(20)21)5-4-12-10-17(22-2)18(23-3)11-15(12)13/h10-11,13-14,16,19,21H,4-9H2,1-3H3/t13-,14+,16-,19-,20-/m0/s1. The second-order valence-corrected chi connectivity index (χ2v) is 7.96. The Morgan fingerprint density at radius 3 is 2.52 bits per heavy atom. The predicted octanol–water partition coefficient (Wildman–Crippen LogP) is 3.92. The number of ether oxygens (including phenoxy) is 2. The highest BCUT2D eigenvalue weighted by Gasteiger charge is 2.54. The van der Waals surface area contributed by atoms with Gasteiger partial charge in [0.25, 0.3) is 0 Å². The van der Waals surface area contributed by atoms with Gasteiger partial charge in [-0.15, -0.1) is 0 Å². The summed E-state index contributed by atoms with van der Waals surface area (Å²) in [5.74, 6) is 3.73. The molecule has 0 saturated heterocycles. The Balaban J connectivity index is 1.72. The van der Waals surface area contributed by atoms with Crippen LogP contribution in [0.1, 0.15) is 56.1 Å². The number of benzene rings is 1. The number of aliphatic hydroxyl groups is 1. The van der Waals surface area contributed by atoms with Crippen molar-refractivity contribution in [3.8, 4) is 11.5 Å². The molecule has 0 bridgehead atoms. The third kappa shape index (κ3) is 2.12. The van der Waals surface area contributed by atoms with E-state index in [1.165, 1.54) is 30.4 Å². The third-order valence-corrected chi connectivity index (χ3v) is 7.18. The van der Waals surface area contributed by atoms with E-state index < -0.39 is 0 Å². The molecule has 3 aliphatic rings. The molecular weight excluding hydrogens is 288 g/mol. The largest absolute Gasteiger partial charge is 0.493 e. The maximum atomic E-state index is 10.5. The molecule has 4 rings (SSSR count). The maximum Gasteiger partial charge on any atom is 0.161 e. The van der Waals surface area contributed by atoms with Crippen molar-refractivity contribution in [1.29, 1.82) is 0 Å². The minimum atomic E-state index is -0.0970. The quantitative estimate of drug-likeness (QED) is 0.899. The van der Waals surface area contributed by atoms with Crippen molar-refractivity contribution in [3.05, 3.63) is 23.3 Å². The number of aliphatic hydroxyl groups excluding tert-OH is 1. The zero-order valence-corrected chi connectivity index (χ0v) is 14.5. The normalized spacial score (nSPS) is 38.4. The van der Waals surface area contributed by atoms with E-state index in [0.717, 1.165) is 36.7 Å². The summed E-state index contributed by atoms with van der Waals surface area (Å²) < 4.78 is 11.0. The van der Waals surface area contributed by atoms with Gasteiger partial charge in [0.2, 0.25) is 0 Å². The van der Waals surface area contributed by atoms with Gasteiger partial charge in [0.1, 0.15) is 0 Å². The lowest BCUT2D eigenvalue weighted by Gasteiger charge is -2.50. The summed E-state index contributed by atoms with van der Waals surface area (Å²) >= 11 is 0. The lowest BCUT2D eigenvalue weighted by molar-refractivity contribution is -0.0226. The van der Waals surface area contributed by atoms with Crippen molar-refractivity contribution in [3.63, 3.8) is 0 Å². The molecule has 126 valence electrons. The molecule has 2 saturated carbocycles. The van der Waals surface area contributed by atoms with Crippen molar-refractivity contribution >= 4 is 0 Å². The first-order valence-electron chi connectivity index (χ1n) is 9.01. The van der Waals surface area contributed by atoms with Crippen molar-refractivity contribution in [2.45, 2.75) is 57.5 Å². The lowest BCUT2D eigenvalue weighted by atomic mass is 9.55.